The third kappa shape index (κ3) is 2.30. The van der Waals surface area contributed by atoms with Crippen LogP contribution in [-0.4, -0.2) is 11.1 Å². The van der Waals surface area contributed by atoms with Gasteiger partial charge in [0.2, 0.25) is 0 Å². The molecule has 0 fully saturated rings. The Labute approximate surface area is 95.2 Å². The van der Waals surface area contributed by atoms with Crippen LogP contribution < -0.4 is 5.32 Å². The highest BCUT2D eigenvalue weighted by Gasteiger charge is 2.14. The number of amides is 1. The van der Waals surface area contributed by atoms with Crippen molar-refractivity contribution in [2.45, 2.75) is 6.92 Å². The first-order chi connectivity index (χ1) is 8.08. The highest BCUT2D eigenvalue weighted by atomic mass is 19.2. The Kier molecular flexibility index (Phi) is 2.86. The zero-order chi connectivity index (χ0) is 12.4. The lowest BCUT2D eigenvalue weighted by Crippen LogP contribution is -2.13. The van der Waals surface area contributed by atoms with Crippen molar-refractivity contribution in [3.63, 3.8) is 0 Å². The molecule has 0 radical (unpaired) electrons. The van der Waals surface area contributed by atoms with Crippen molar-refractivity contribution < 1.29 is 18.1 Å². The lowest BCUT2D eigenvalue weighted by Gasteiger charge is -2.04. The van der Waals surface area contributed by atoms with E-state index in [1.807, 2.05) is 0 Å². The summed E-state index contributed by atoms with van der Waals surface area (Å²) in [5.41, 5.74) is -0.234. The standard InChI is InChI=1S/C11H8F2N2O2/c1-6-5-9(15-17-6)11(16)14-8-4-2-3-7(12)10(8)13/h2-5H,1H3,(H,14,16). The van der Waals surface area contributed by atoms with Gasteiger partial charge in [0.25, 0.3) is 5.91 Å². The molecule has 0 bridgehead atoms. The molecule has 1 heterocycles. The van der Waals surface area contributed by atoms with Crippen molar-refractivity contribution in [2.24, 2.45) is 0 Å². The second-order valence-electron chi connectivity index (χ2n) is 3.38. The Morgan fingerprint density at radius 1 is 1.41 bits per heavy atom. The van der Waals surface area contributed by atoms with Gasteiger partial charge in [-0.1, -0.05) is 11.2 Å². The van der Waals surface area contributed by atoms with Crippen molar-refractivity contribution in [2.75, 3.05) is 5.32 Å². The van der Waals surface area contributed by atoms with Crippen LogP contribution in [0.25, 0.3) is 0 Å². The van der Waals surface area contributed by atoms with Gasteiger partial charge in [-0.3, -0.25) is 4.79 Å². The van der Waals surface area contributed by atoms with E-state index in [9.17, 15) is 13.6 Å². The van der Waals surface area contributed by atoms with Crippen LogP contribution in [0.3, 0.4) is 0 Å². The molecule has 17 heavy (non-hydrogen) atoms. The van der Waals surface area contributed by atoms with Crippen molar-refractivity contribution in [3.05, 3.63) is 47.4 Å². The number of benzene rings is 1. The molecule has 2 aromatic rings. The van der Waals surface area contributed by atoms with E-state index in [-0.39, 0.29) is 11.4 Å². The SMILES string of the molecule is Cc1cc(C(=O)Nc2cccc(F)c2F)no1. The molecule has 88 valence electrons. The van der Waals surface area contributed by atoms with E-state index in [1.165, 1.54) is 18.2 Å². The van der Waals surface area contributed by atoms with E-state index < -0.39 is 17.5 Å². The van der Waals surface area contributed by atoms with Crippen LogP contribution in [0.15, 0.2) is 28.8 Å². The molecule has 4 nitrogen and oxygen atoms in total. The van der Waals surface area contributed by atoms with E-state index in [0.717, 1.165) is 6.07 Å². The number of aromatic nitrogens is 1. The summed E-state index contributed by atoms with van der Waals surface area (Å²) >= 11 is 0. The molecule has 0 saturated heterocycles. The molecule has 0 aliphatic rings. The van der Waals surface area contributed by atoms with Crippen LogP contribution in [0.5, 0.6) is 0 Å². The summed E-state index contributed by atoms with van der Waals surface area (Å²) in [4.78, 5) is 11.6. The van der Waals surface area contributed by atoms with Gasteiger partial charge in [-0.2, -0.15) is 0 Å². The van der Waals surface area contributed by atoms with Gasteiger partial charge in [0.05, 0.1) is 5.69 Å². The molecule has 1 aromatic heterocycles. The summed E-state index contributed by atoms with van der Waals surface area (Å²) in [6, 6.07) is 4.91. The van der Waals surface area contributed by atoms with Crippen LogP contribution in [0.1, 0.15) is 16.2 Å². The van der Waals surface area contributed by atoms with Gasteiger partial charge in [0, 0.05) is 6.07 Å². The normalized spacial score (nSPS) is 10.3. The molecule has 0 saturated carbocycles. The Hall–Kier alpha value is -2.24. The molecule has 2 rings (SSSR count). The number of anilines is 1. The van der Waals surface area contributed by atoms with Crippen LogP contribution >= 0.6 is 0 Å². The van der Waals surface area contributed by atoms with E-state index in [2.05, 4.69) is 10.5 Å². The summed E-state index contributed by atoms with van der Waals surface area (Å²) in [7, 11) is 0. The quantitative estimate of drug-likeness (QED) is 0.874. The monoisotopic (exact) mass is 238 g/mol. The first-order valence-electron chi connectivity index (χ1n) is 4.76. The minimum absolute atomic E-state index is 0.00570. The number of hydrogen-bond acceptors (Lipinski definition) is 3. The minimum Gasteiger partial charge on any atom is -0.361 e. The Morgan fingerprint density at radius 2 is 2.18 bits per heavy atom. The number of rotatable bonds is 2. The van der Waals surface area contributed by atoms with E-state index in [0.29, 0.717) is 5.76 Å². The van der Waals surface area contributed by atoms with Gasteiger partial charge in [-0.15, -0.1) is 0 Å². The second-order valence-corrected chi connectivity index (χ2v) is 3.38. The predicted molar refractivity (Wildman–Crippen MR) is 55.6 cm³/mol. The minimum atomic E-state index is -1.11. The summed E-state index contributed by atoms with van der Waals surface area (Å²) < 4.78 is 30.8. The number of aryl methyl sites for hydroxylation is 1. The van der Waals surface area contributed by atoms with Crippen molar-refractivity contribution in [1.82, 2.24) is 5.16 Å². The lowest BCUT2D eigenvalue weighted by atomic mass is 10.2. The molecule has 6 heteroatoms. The number of nitrogens with zero attached hydrogens (tertiary/aromatic N) is 1. The van der Waals surface area contributed by atoms with Gasteiger partial charge in [0.1, 0.15) is 5.76 Å². The Morgan fingerprint density at radius 3 is 2.82 bits per heavy atom. The smallest absolute Gasteiger partial charge is 0.277 e. The zero-order valence-electron chi connectivity index (χ0n) is 8.83. The maximum atomic E-state index is 13.2. The van der Waals surface area contributed by atoms with Crippen LogP contribution in [0, 0.1) is 18.6 Å². The average molecular weight is 238 g/mol. The molecule has 0 spiro atoms. The van der Waals surface area contributed by atoms with Gasteiger partial charge in [-0.05, 0) is 19.1 Å². The highest BCUT2D eigenvalue weighted by molar-refractivity contribution is 6.02. The summed E-state index contributed by atoms with van der Waals surface area (Å²) in [6.45, 7) is 1.62. The molecular weight excluding hydrogens is 230 g/mol. The number of nitrogens with one attached hydrogen (secondary N) is 1. The van der Waals surface area contributed by atoms with Gasteiger partial charge in [-0.25, -0.2) is 8.78 Å². The molecule has 0 aliphatic carbocycles. The molecular formula is C11H8F2N2O2. The molecule has 0 unspecified atom stereocenters. The largest absolute Gasteiger partial charge is 0.361 e. The summed E-state index contributed by atoms with van der Waals surface area (Å²) in [5.74, 6) is -2.35. The number of carbonyl (C=O) groups is 1. The first-order valence-corrected chi connectivity index (χ1v) is 4.76. The average Bonchev–Trinajstić information content (AvgIpc) is 2.72. The molecule has 0 aliphatic heterocycles. The fourth-order valence-electron chi connectivity index (χ4n) is 1.26. The third-order valence-corrected chi connectivity index (χ3v) is 2.06. The van der Waals surface area contributed by atoms with E-state index >= 15 is 0 Å². The summed E-state index contributed by atoms with van der Waals surface area (Å²) in [6.07, 6.45) is 0. The zero-order valence-corrected chi connectivity index (χ0v) is 8.83. The fraction of sp³-hybridized carbons (Fsp3) is 0.0909. The first kappa shape index (κ1) is 11.3. The molecule has 1 aromatic carbocycles. The van der Waals surface area contributed by atoms with Gasteiger partial charge < -0.3 is 9.84 Å². The Bertz CT molecular complexity index is 566. The second kappa shape index (κ2) is 4.32. The van der Waals surface area contributed by atoms with Crippen molar-refractivity contribution in [1.29, 1.82) is 0 Å². The number of halogens is 2. The predicted octanol–water partition coefficient (Wildman–Crippen LogP) is 2.51. The molecule has 1 amide bonds. The third-order valence-electron chi connectivity index (χ3n) is 2.06. The van der Waals surface area contributed by atoms with Gasteiger partial charge >= 0.3 is 0 Å². The lowest BCUT2D eigenvalue weighted by molar-refractivity contribution is 0.101. The molecule has 0 atom stereocenters. The van der Waals surface area contributed by atoms with Gasteiger partial charge in [0.15, 0.2) is 17.3 Å². The topological polar surface area (TPSA) is 55.1 Å². The van der Waals surface area contributed by atoms with Crippen LogP contribution in [0.2, 0.25) is 0 Å². The van der Waals surface area contributed by atoms with E-state index in [4.69, 9.17) is 4.52 Å². The number of hydrogen-bond donors (Lipinski definition) is 1. The molecule has 1 N–H and O–H groups in total. The van der Waals surface area contributed by atoms with E-state index in [1.54, 1.807) is 6.92 Å². The Balaban J connectivity index is 2.21. The van der Waals surface area contributed by atoms with Crippen molar-refractivity contribution in [3.8, 4) is 0 Å². The summed E-state index contributed by atoms with van der Waals surface area (Å²) in [5, 5.41) is 5.66. The van der Waals surface area contributed by atoms with Crippen LogP contribution in [0.4, 0.5) is 14.5 Å². The van der Waals surface area contributed by atoms with Crippen molar-refractivity contribution >= 4 is 11.6 Å². The fourth-order valence-corrected chi connectivity index (χ4v) is 1.26. The highest BCUT2D eigenvalue weighted by Crippen LogP contribution is 2.17. The maximum Gasteiger partial charge on any atom is 0.277 e. The van der Waals surface area contributed by atoms with Crippen LogP contribution in [-0.2, 0) is 0 Å². The maximum absolute atomic E-state index is 13.2. The number of carbonyl (C=O) groups excluding carboxylic acids is 1.